The lowest BCUT2D eigenvalue weighted by Gasteiger charge is -2.08. The van der Waals surface area contributed by atoms with Crippen molar-refractivity contribution in [3.63, 3.8) is 0 Å². The average Bonchev–Trinajstić information content (AvgIpc) is 2.49. The van der Waals surface area contributed by atoms with Gasteiger partial charge in [-0.1, -0.05) is 12.1 Å². The van der Waals surface area contributed by atoms with E-state index < -0.39 is 11.5 Å². The summed E-state index contributed by atoms with van der Waals surface area (Å²) in [5.41, 5.74) is 2.60. The number of carbonyl (C=O) groups is 1. The molecule has 0 unspecified atom stereocenters. The highest BCUT2D eigenvalue weighted by Crippen LogP contribution is 2.22. The third-order valence-corrected chi connectivity index (χ3v) is 2.88. The lowest BCUT2D eigenvalue weighted by Crippen LogP contribution is -2.36. The minimum absolute atomic E-state index is 0.0631. The number of ether oxygens (including phenoxy) is 1. The van der Waals surface area contributed by atoms with Gasteiger partial charge in [-0.05, 0) is 25.1 Å². The number of rotatable bonds is 4. The molecule has 0 atom stereocenters. The highest BCUT2D eigenvalue weighted by atomic mass is 16.5. The van der Waals surface area contributed by atoms with Crippen LogP contribution < -0.4 is 21.6 Å². The van der Waals surface area contributed by atoms with Crippen LogP contribution in [0.25, 0.3) is 11.3 Å². The highest BCUT2D eigenvalue weighted by Gasteiger charge is 2.14. The molecule has 0 spiro atoms. The van der Waals surface area contributed by atoms with E-state index in [1.807, 2.05) is 30.5 Å². The van der Waals surface area contributed by atoms with E-state index in [0.717, 1.165) is 10.2 Å². The summed E-state index contributed by atoms with van der Waals surface area (Å²) in [6, 6.07) is 8.66. The van der Waals surface area contributed by atoms with Crippen molar-refractivity contribution < 1.29 is 9.53 Å². The predicted octanol–water partition coefficient (Wildman–Crippen LogP) is 0.449. The number of benzene rings is 1. The van der Waals surface area contributed by atoms with E-state index in [9.17, 15) is 9.59 Å². The summed E-state index contributed by atoms with van der Waals surface area (Å²) >= 11 is 0. The number of hydrazine groups is 1. The maximum atomic E-state index is 11.9. The van der Waals surface area contributed by atoms with Gasteiger partial charge in [0.25, 0.3) is 11.5 Å². The molecule has 0 aliphatic rings. The second kappa shape index (κ2) is 6.19. The van der Waals surface area contributed by atoms with E-state index in [-0.39, 0.29) is 5.56 Å². The van der Waals surface area contributed by atoms with Gasteiger partial charge in [-0.25, -0.2) is 10.5 Å². The number of nitrogen functional groups attached to an aromatic ring is 1. The smallest absolute Gasteiger partial charge is 0.279 e. The number of carbonyl (C=O) groups excluding carboxylic acids is 1. The minimum Gasteiger partial charge on any atom is -0.494 e. The lowest BCUT2D eigenvalue weighted by atomic mass is 10.1. The Hall–Kier alpha value is -2.67. The molecule has 2 rings (SSSR count). The fourth-order valence-electron chi connectivity index (χ4n) is 1.90. The van der Waals surface area contributed by atoms with Crippen LogP contribution in [-0.4, -0.2) is 22.3 Å². The zero-order chi connectivity index (χ0) is 15.4. The number of hydrogen-bond donors (Lipinski definition) is 2. The second-order valence-corrected chi connectivity index (χ2v) is 4.31. The van der Waals surface area contributed by atoms with Gasteiger partial charge in [-0.15, -0.1) is 0 Å². The van der Waals surface area contributed by atoms with Gasteiger partial charge >= 0.3 is 0 Å². The maximum absolute atomic E-state index is 11.9. The molecular formula is C14H16N4O3. The van der Waals surface area contributed by atoms with Crippen molar-refractivity contribution >= 4 is 5.91 Å². The van der Waals surface area contributed by atoms with E-state index in [1.165, 1.54) is 13.1 Å². The summed E-state index contributed by atoms with van der Waals surface area (Å²) in [6.45, 7) is 2.44. The summed E-state index contributed by atoms with van der Waals surface area (Å²) in [6.07, 6.45) is 0. The fourth-order valence-corrected chi connectivity index (χ4v) is 1.90. The van der Waals surface area contributed by atoms with Gasteiger partial charge in [0.15, 0.2) is 0 Å². The van der Waals surface area contributed by atoms with Gasteiger partial charge < -0.3 is 4.74 Å². The molecule has 7 nitrogen and oxygen atoms in total. The van der Waals surface area contributed by atoms with Crippen LogP contribution in [0, 0.1) is 0 Å². The summed E-state index contributed by atoms with van der Waals surface area (Å²) in [5, 5.41) is 4.15. The van der Waals surface area contributed by atoms with Crippen molar-refractivity contribution in [1.82, 2.24) is 15.2 Å². The Bertz CT molecular complexity index is 724. The van der Waals surface area contributed by atoms with E-state index in [0.29, 0.717) is 18.1 Å². The molecule has 0 aliphatic carbocycles. The van der Waals surface area contributed by atoms with Crippen molar-refractivity contribution in [2.45, 2.75) is 6.92 Å². The van der Waals surface area contributed by atoms with Crippen LogP contribution in [0.2, 0.25) is 0 Å². The topological polar surface area (TPSA) is 99.2 Å². The molecule has 2 aromatic rings. The zero-order valence-electron chi connectivity index (χ0n) is 11.8. The number of nitrogens with zero attached hydrogens (tertiary/aromatic N) is 2. The van der Waals surface area contributed by atoms with Crippen LogP contribution in [0.3, 0.4) is 0 Å². The Morgan fingerprint density at radius 2 is 2.19 bits per heavy atom. The van der Waals surface area contributed by atoms with Crippen molar-refractivity contribution in [2.75, 3.05) is 6.61 Å². The van der Waals surface area contributed by atoms with Gasteiger partial charge in [-0.3, -0.25) is 15.0 Å². The Morgan fingerprint density at radius 1 is 1.43 bits per heavy atom. The van der Waals surface area contributed by atoms with Gasteiger partial charge in [0.2, 0.25) is 0 Å². The predicted molar refractivity (Wildman–Crippen MR) is 77.7 cm³/mol. The molecule has 21 heavy (non-hydrogen) atoms. The summed E-state index contributed by atoms with van der Waals surface area (Å²) in [4.78, 5) is 23.5. The average molecular weight is 288 g/mol. The molecule has 1 aromatic heterocycles. The second-order valence-electron chi connectivity index (χ2n) is 4.31. The molecule has 1 amide bonds. The molecule has 0 bridgehead atoms. The van der Waals surface area contributed by atoms with Crippen molar-refractivity contribution in [3.8, 4) is 17.0 Å². The molecule has 0 saturated carbocycles. The number of hydrogen-bond acceptors (Lipinski definition) is 5. The highest BCUT2D eigenvalue weighted by molar-refractivity contribution is 5.94. The first-order valence-electron chi connectivity index (χ1n) is 6.39. The number of nitrogens with two attached hydrogens (primary N) is 1. The molecular weight excluding hydrogens is 272 g/mol. The molecule has 3 N–H and O–H groups in total. The first-order chi connectivity index (χ1) is 10.1. The zero-order valence-corrected chi connectivity index (χ0v) is 11.8. The normalized spacial score (nSPS) is 10.2. The maximum Gasteiger partial charge on any atom is 0.279 e. The van der Waals surface area contributed by atoms with Crippen molar-refractivity contribution in [3.05, 3.63) is 46.2 Å². The fraction of sp³-hybridized carbons (Fsp3) is 0.214. The van der Waals surface area contributed by atoms with E-state index >= 15 is 0 Å². The standard InChI is InChI=1S/C14H16N4O3/c1-3-21-10-6-4-5-9(7-10)12-8-11(13(19)16-15)14(20)18(2)17-12/h4-8H,3,15H2,1-2H3,(H,16,19). The summed E-state index contributed by atoms with van der Waals surface area (Å²) in [7, 11) is 1.48. The minimum atomic E-state index is -0.653. The molecule has 110 valence electrons. The quantitative estimate of drug-likeness (QED) is 0.483. The SMILES string of the molecule is CCOc1cccc(-c2cc(C(=O)NN)c(=O)n(C)n2)c1. The molecule has 0 saturated heterocycles. The van der Waals surface area contributed by atoms with Crippen LogP contribution in [0.15, 0.2) is 35.1 Å². The summed E-state index contributed by atoms with van der Waals surface area (Å²) in [5.74, 6) is 5.13. The Labute approximate surface area is 121 Å². The molecule has 7 heteroatoms. The third kappa shape index (κ3) is 3.09. The van der Waals surface area contributed by atoms with Crippen molar-refractivity contribution in [1.29, 1.82) is 0 Å². The van der Waals surface area contributed by atoms with Crippen LogP contribution in [-0.2, 0) is 7.05 Å². The third-order valence-electron chi connectivity index (χ3n) is 2.88. The Balaban J connectivity index is 2.54. The number of aryl methyl sites for hydroxylation is 1. The lowest BCUT2D eigenvalue weighted by molar-refractivity contribution is 0.0951. The van der Waals surface area contributed by atoms with Gasteiger partial charge in [-0.2, -0.15) is 5.10 Å². The number of nitrogens with one attached hydrogen (secondary N) is 1. The van der Waals surface area contributed by atoms with Crippen LogP contribution in [0.4, 0.5) is 0 Å². The monoisotopic (exact) mass is 288 g/mol. The molecule has 1 aromatic carbocycles. The Morgan fingerprint density at radius 3 is 2.86 bits per heavy atom. The molecule has 1 heterocycles. The molecule has 0 fully saturated rings. The number of amides is 1. The van der Waals surface area contributed by atoms with E-state index in [2.05, 4.69) is 5.10 Å². The van der Waals surface area contributed by atoms with Crippen LogP contribution in [0.5, 0.6) is 5.75 Å². The summed E-state index contributed by atoms with van der Waals surface area (Å²) < 4.78 is 6.53. The van der Waals surface area contributed by atoms with Crippen LogP contribution >= 0.6 is 0 Å². The first kappa shape index (κ1) is 14.7. The Kier molecular flexibility index (Phi) is 4.34. The van der Waals surface area contributed by atoms with E-state index in [1.54, 1.807) is 6.07 Å². The van der Waals surface area contributed by atoms with Gasteiger partial charge in [0.1, 0.15) is 11.3 Å². The van der Waals surface area contributed by atoms with E-state index in [4.69, 9.17) is 10.6 Å². The van der Waals surface area contributed by atoms with Crippen molar-refractivity contribution in [2.24, 2.45) is 12.9 Å². The van der Waals surface area contributed by atoms with Gasteiger partial charge in [0, 0.05) is 12.6 Å². The molecule has 0 radical (unpaired) electrons. The first-order valence-corrected chi connectivity index (χ1v) is 6.39. The van der Waals surface area contributed by atoms with Crippen LogP contribution in [0.1, 0.15) is 17.3 Å². The largest absolute Gasteiger partial charge is 0.494 e. The number of aromatic nitrogens is 2. The van der Waals surface area contributed by atoms with Gasteiger partial charge in [0.05, 0.1) is 12.3 Å². The molecule has 0 aliphatic heterocycles.